The van der Waals surface area contributed by atoms with Crippen LogP contribution in [0, 0.1) is 11.3 Å². The average molecular weight is 304 g/mol. The normalized spacial score (nSPS) is 24.2. The Morgan fingerprint density at radius 3 is 2.24 bits per heavy atom. The first-order valence-corrected chi connectivity index (χ1v) is 8.07. The van der Waals surface area contributed by atoms with Crippen LogP contribution in [-0.4, -0.2) is 10.9 Å². The Bertz CT molecular complexity index is 540. The molecule has 0 saturated heterocycles. The van der Waals surface area contributed by atoms with E-state index in [1.165, 1.54) is 0 Å². The Labute approximate surface area is 132 Å². The summed E-state index contributed by atoms with van der Waals surface area (Å²) in [4.78, 5) is 13.1. The maximum Gasteiger partial charge on any atom is 0.237 e. The summed E-state index contributed by atoms with van der Waals surface area (Å²) in [7, 11) is 0. The minimum absolute atomic E-state index is 0.0382. The number of benzene rings is 1. The molecule has 0 unspecified atom stereocenters. The van der Waals surface area contributed by atoms with Crippen LogP contribution in [0.2, 0.25) is 0 Å². The van der Waals surface area contributed by atoms with Crippen molar-refractivity contribution in [2.75, 3.05) is 5.32 Å². The summed E-state index contributed by atoms with van der Waals surface area (Å²) in [5.41, 5.74) is 8.48. The lowest BCUT2D eigenvalue weighted by atomic mass is 9.62. The van der Waals surface area contributed by atoms with Crippen LogP contribution in [-0.2, 0) is 17.6 Å². The minimum Gasteiger partial charge on any atom is -0.392 e. The van der Waals surface area contributed by atoms with Crippen molar-refractivity contribution in [3.63, 3.8) is 0 Å². The van der Waals surface area contributed by atoms with E-state index in [9.17, 15) is 4.79 Å². The summed E-state index contributed by atoms with van der Waals surface area (Å²) in [6, 6.07) is 6.17. The van der Waals surface area contributed by atoms with Gasteiger partial charge in [-0.1, -0.05) is 51.2 Å². The van der Waals surface area contributed by atoms with Crippen molar-refractivity contribution >= 4 is 28.8 Å². The summed E-state index contributed by atoms with van der Waals surface area (Å²) >= 11 is 5.17. The van der Waals surface area contributed by atoms with Gasteiger partial charge in [0.05, 0.1) is 10.4 Å². The fraction of sp³-hybridized carbons (Fsp3) is 0.529. The molecule has 4 heteroatoms. The molecule has 0 bridgehead atoms. The molecular formula is C17H24N2OS. The maximum atomic E-state index is 12.8. The van der Waals surface area contributed by atoms with Crippen molar-refractivity contribution in [1.29, 1.82) is 0 Å². The van der Waals surface area contributed by atoms with E-state index in [2.05, 4.69) is 38.2 Å². The molecule has 0 aromatic heterocycles. The number of hydrogen-bond acceptors (Lipinski definition) is 2. The molecule has 0 atom stereocenters. The molecule has 1 aromatic carbocycles. The van der Waals surface area contributed by atoms with Gasteiger partial charge in [-0.3, -0.25) is 4.79 Å². The van der Waals surface area contributed by atoms with E-state index >= 15 is 0 Å². The molecule has 0 radical (unpaired) electrons. The third kappa shape index (κ3) is 2.82. The van der Waals surface area contributed by atoms with Crippen molar-refractivity contribution in [3.8, 4) is 0 Å². The maximum absolute atomic E-state index is 12.8. The van der Waals surface area contributed by atoms with E-state index < -0.39 is 5.41 Å². The van der Waals surface area contributed by atoms with Gasteiger partial charge in [-0.25, -0.2) is 0 Å². The number of carbonyl (C=O) groups is 1. The summed E-state index contributed by atoms with van der Waals surface area (Å²) in [6.45, 7) is 6.32. The Balaban J connectivity index is 2.29. The zero-order chi connectivity index (χ0) is 15.6. The number of carbonyl (C=O) groups excluding carboxylic acids is 1. The number of amides is 1. The van der Waals surface area contributed by atoms with Crippen molar-refractivity contribution in [3.05, 3.63) is 29.3 Å². The number of rotatable bonds is 5. The summed E-state index contributed by atoms with van der Waals surface area (Å²) in [5.74, 6) is 0.466. The van der Waals surface area contributed by atoms with Crippen LogP contribution in [0.25, 0.3) is 0 Å². The second-order valence-corrected chi connectivity index (χ2v) is 6.51. The lowest BCUT2D eigenvalue weighted by Crippen LogP contribution is -2.54. The van der Waals surface area contributed by atoms with E-state index in [0.717, 1.165) is 42.5 Å². The highest BCUT2D eigenvalue weighted by Crippen LogP contribution is 2.46. The number of para-hydroxylation sites is 1. The molecule has 1 saturated carbocycles. The zero-order valence-corrected chi connectivity index (χ0v) is 13.8. The Morgan fingerprint density at radius 2 is 1.86 bits per heavy atom. The van der Waals surface area contributed by atoms with Gasteiger partial charge >= 0.3 is 0 Å². The fourth-order valence-corrected chi connectivity index (χ4v) is 3.52. The molecule has 1 aliphatic rings. The second-order valence-electron chi connectivity index (χ2n) is 6.07. The average Bonchev–Trinajstić information content (AvgIpc) is 2.43. The number of thiocarbonyl (C=S) groups is 1. The van der Waals surface area contributed by atoms with Gasteiger partial charge in [0.25, 0.3) is 0 Å². The largest absolute Gasteiger partial charge is 0.392 e. The van der Waals surface area contributed by atoms with E-state index in [-0.39, 0.29) is 5.91 Å². The highest BCUT2D eigenvalue weighted by atomic mass is 32.1. The van der Waals surface area contributed by atoms with Crippen LogP contribution >= 0.6 is 12.2 Å². The van der Waals surface area contributed by atoms with Crippen LogP contribution in [0.3, 0.4) is 0 Å². The highest BCUT2D eigenvalue weighted by Gasteiger charge is 2.51. The van der Waals surface area contributed by atoms with E-state index in [1.54, 1.807) is 0 Å². The van der Waals surface area contributed by atoms with E-state index in [0.29, 0.717) is 10.9 Å². The number of hydrogen-bond donors (Lipinski definition) is 2. The minimum atomic E-state index is -0.652. The van der Waals surface area contributed by atoms with Gasteiger partial charge in [-0.2, -0.15) is 0 Å². The van der Waals surface area contributed by atoms with Gasteiger partial charge in [-0.05, 0) is 42.7 Å². The third-order valence-corrected chi connectivity index (χ3v) is 4.93. The lowest BCUT2D eigenvalue weighted by Gasteiger charge is -2.44. The molecular weight excluding hydrogens is 280 g/mol. The molecule has 1 amide bonds. The van der Waals surface area contributed by atoms with Gasteiger partial charge in [0.1, 0.15) is 0 Å². The van der Waals surface area contributed by atoms with Crippen molar-refractivity contribution in [2.45, 2.75) is 46.5 Å². The molecule has 1 aliphatic carbocycles. The van der Waals surface area contributed by atoms with Gasteiger partial charge in [0.2, 0.25) is 5.91 Å². The first kappa shape index (κ1) is 16.0. The quantitative estimate of drug-likeness (QED) is 0.819. The molecule has 3 nitrogen and oxygen atoms in total. The molecule has 0 spiro atoms. The molecule has 2 rings (SSSR count). The predicted octanol–water partition coefficient (Wildman–Crippen LogP) is 3.45. The van der Waals surface area contributed by atoms with Crippen LogP contribution in [0.4, 0.5) is 5.69 Å². The van der Waals surface area contributed by atoms with Gasteiger partial charge in [0, 0.05) is 5.69 Å². The molecule has 0 heterocycles. The Kier molecular flexibility index (Phi) is 4.67. The van der Waals surface area contributed by atoms with Crippen molar-refractivity contribution in [1.82, 2.24) is 0 Å². The molecule has 1 aromatic rings. The highest BCUT2D eigenvalue weighted by molar-refractivity contribution is 7.80. The number of aryl methyl sites for hydroxylation is 2. The van der Waals surface area contributed by atoms with Gasteiger partial charge in [-0.15, -0.1) is 0 Å². The topological polar surface area (TPSA) is 55.1 Å². The monoisotopic (exact) mass is 304 g/mol. The van der Waals surface area contributed by atoms with E-state index in [1.807, 2.05) is 6.07 Å². The molecule has 21 heavy (non-hydrogen) atoms. The zero-order valence-electron chi connectivity index (χ0n) is 13.0. The Morgan fingerprint density at radius 1 is 1.33 bits per heavy atom. The van der Waals surface area contributed by atoms with Crippen molar-refractivity contribution < 1.29 is 4.79 Å². The molecule has 114 valence electrons. The molecule has 1 fully saturated rings. The first-order chi connectivity index (χ1) is 9.94. The van der Waals surface area contributed by atoms with Gasteiger partial charge in [0.15, 0.2) is 0 Å². The molecule has 3 N–H and O–H groups in total. The van der Waals surface area contributed by atoms with Crippen LogP contribution < -0.4 is 11.1 Å². The second kappa shape index (κ2) is 6.14. The third-order valence-electron chi connectivity index (χ3n) is 4.54. The first-order valence-electron chi connectivity index (χ1n) is 7.66. The van der Waals surface area contributed by atoms with Gasteiger partial charge < -0.3 is 11.1 Å². The SMILES string of the molecule is CCc1cccc(CC)c1NC(=O)C1(C(N)=S)CC(C)C1. The lowest BCUT2D eigenvalue weighted by molar-refractivity contribution is -0.127. The predicted molar refractivity (Wildman–Crippen MR) is 91.4 cm³/mol. The number of nitrogens with one attached hydrogen (secondary N) is 1. The Hall–Kier alpha value is -1.42. The van der Waals surface area contributed by atoms with Crippen LogP contribution in [0.5, 0.6) is 0 Å². The standard InChI is InChI=1S/C17H24N2OS/c1-4-12-7-6-8-13(5-2)14(12)19-16(20)17(15(18)21)9-11(3)10-17/h6-8,11H,4-5,9-10H2,1-3H3,(H2,18,21)(H,19,20). The van der Waals surface area contributed by atoms with E-state index in [4.69, 9.17) is 18.0 Å². The summed E-state index contributed by atoms with van der Waals surface area (Å²) in [6.07, 6.45) is 3.29. The van der Waals surface area contributed by atoms with Crippen molar-refractivity contribution in [2.24, 2.45) is 17.1 Å². The number of nitrogens with two attached hydrogens (primary N) is 1. The summed E-state index contributed by atoms with van der Waals surface area (Å²) < 4.78 is 0. The van der Waals surface area contributed by atoms with Crippen LogP contribution in [0.15, 0.2) is 18.2 Å². The number of anilines is 1. The summed E-state index contributed by atoms with van der Waals surface area (Å²) in [5, 5.41) is 3.12. The van der Waals surface area contributed by atoms with Crippen LogP contribution in [0.1, 0.15) is 44.7 Å². The molecule has 0 aliphatic heterocycles. The fourth-order valence-electron chi connectivity index (χ4n) is 3.26. The smallest absolute Gasteiger partial charge is 0.237 e.